The van der Waals surface area contributed by atoms with E-state index in [2.05, 4.69) is 15.8 Å². The van der Waals surface area contributed by atoms with Gasteiger partial charge in [-0.25, -0.2) is 0 Å². The smallest absolute Gasteiger partial charge is 0.274 e. The van der Waals surface area contributed by atoms with Gasteiger partial charge in [0.05, 0.1) is 12.8 Å². The second kappa shape index (κ2) is 7.31. The lowest BCUT2D eigenvalue weighted by atomic mass is 9.92. The summed E-state index contributed by atoms with van der Waals surface area (Å²) in [4.78, 5) is 24.0. The van der Waals surface area contributed by atoms with Crippen molar-refractivity contribution in [3.63, 3.8) is 0 Å². The lowest BCUT2D eigenvalue weighted by molar-refractivity contribution is -0.125. The first kappa shape index (κ1) is 16.3. The van der Waals surface area contributed by atoms with E-state index in [1.165, 1.54) is 7.11 Å². The van der Waals surface area contributed by atoms with Crippen LogP contribution in [0.3, 0.4) is 0 Å². The first-order chi connectivity index (χ1) is 11.7. The van der Waals surface area contributed by atoms with E-state index in [1.54, 1.807) is 18.4 Å². The second-order valence-corrected chi connectivity index (χ2v) is 5.64. The van der Waals surface area contributed by atoms with Gasteiger partial charge in [-0.3, -0.25) is 9.59 Å². The Hall–Kier alpha value is -2.61. The van der Waals surface area contributed by atoms with Crippen molar-refractivity contribution < 1.29 is 23.3 Å². The summed E-state index contributed by atoms with van der Waals surface area (Å²) in [6.07, 6.45) is 3.43. The van der Waals surface area contributed by atoms with E-state index in [1.807, 2.05) is 0 Å². The molecule has 0 fully saturated rings. The van der Waals surface area contributed by atoms with Gasteiger partial charge in [0, 0.05) is 25.1 Å². The zero-order valence-electron chi connectivity index (χ0n) is 13.3. The van der Waals surface area contributed by atoms with Gasteiger partial charge in [0.15, 0.2) is 5.69 Å². The fraction of sp³-hybridized carbons (Fsp3) is 0.438. The predicted octanol–water partition coefficient (Wildman–Crippen LogP) is 0.818. The molecule has 1 aliphatic carbocycles. The van der Waals surface area contributed by atoms with Gasteiger partial charge in [0.2, 0.25) is 5.91 Å². The minimum atomic E-state index is -0.319. The van der Waals surface area contributed by atoms with Crippen molar-refractivity contribution in [1.29, 1.82) is 0 Å². The minimum absolute atomic E-state index is 0.0173. The number of fused-ring (bicyclic) bond motifs is 1. The molecule has 128 valence electrons. The molecule has 0 saturated heterocycles. The third kappa shape index (κ3) is 3.65. The summed E-state index contributed by atoms with van der Waals surface area (Å²) in [5, 5.41) is 9.53. The summed E-state index contributed by atoms with van der Waals surface area (Å²) >= 11 is 0. The van der Waals surface area contributed by atoms with E-state index in [0.29, 0.717) is 24.4 Å². The average molecular weight is 333 g/mol. The Morgan fingerprint density at radius 3 is 3.08 bits per heavy atom. The zero-order valence-corrected chi connectivity index (χ0v) is 13.3. The molecule has 8 heteroatoms. The van der Waals surface area contributed by atoms with E-state index < -0.39 is 0 Å². The molecule has 0 aliphatic heterocycles. The van der Waals surface area contributed by atoms with Crippen LogP contribution in [0.5, 0.6) is 0 Å². The number of ether oxygens (including phenoxy) is 1. The van der Waals surface area contributed by atoms with Crippen LogP contribution in [0.25, 0.3) is 0 Å². The molecule has 0 bridgehead atoms. The predicted molar refractivity (Wildman–Crippen MR) is 82.2 cm³/mol. The van der Waals surface area contributed by atoms with E-state index in [4.69, 9.17) is 13.7 Å². The Labute approximate surface area is 138 Å². The maximum atomic E-state index is 12.3. The van der Waals surface area contributed by atoms with Gasteiger partial charge in [0.25, 0.3) is 5.91 Å². The van der Waals surface area contributed by atoms with Crippen LogP contribution in [0.15, 0.2) is 27.3 Å². The van der Waals surface area contributed by atoms with Gasteiger partial charge in [-0.1, -0.05) is 5.16 Å². The normalized spacial score (nSPS) is 16.5. The Bertz CT molecular complexity index is 707. The molecule has 3 rings (SSSR count). The number of carbonyl (C=O) groups is 2. The van der Waals surface area contributed by atoms with Crippen molar-refractivity contribution in [2.75, 3.05) is 13.7 Å². The third-order valence-corrected chi connectivity index (χ3v) is 3.90. The molecule has 24 heavy (non-hydrogen) atoms. The van der Waals surface area contributed by atoms with Crippen molar-refractivity contribution in [3.8, 4) is 0 Å². The summed E-state index contributed by atoms with van der Waals surface area (Å²) < 4.78 is 15.3. The van der Waals surface area contributed by atoms with E-state index >= 15 is 0 Å². The SMILES string of the molecule is COCC(=O)NC1CCc2onc(C(=O)NCc3ccco3)c2C1. The number of hydrogen-bond acceptors (Lipinski definition) is 6. The summed E-state index contributed by atoms with van der Waals surface area (Å²) in [6.45, 7) is 0.297. The molecule has 2 aromatic rings. The lowest BCUT2D eigenvalue weighted by Gasteiger charge is -2.22. The van der Waals surface area contributed by atoms with E-state index in [9.17, 15) is 9.59 Å². The first-order valence-electron chi connectivity index (χ1n) is 7.73. The third-order valence-electron chi connectivity index (χ3n) is 3.90. The highest BCUT2D eigenvalue weighted by Gasteiger charge is 2.29. The fourth-order valence-corrected chi connectivity index (χ4v) is 2.77. The van der Waals surface area contributed by atoms with Crippen LogP contribution in [-0.4, -0.2) is 36.7 Å². The van der Waals surface area contributed by atoms with E-state index in [0.717, 1.165) is 12.0 Å². The zero-order chi connectivity index (χ0) is 16.9. The number of carbonyl (C=O) groups excluding carboxylic acids is 2. The fourth-order valence-electron chi connectivity index (χ4n) is 2.77. The number of aromatic nitrogens is 1. The largest absolute Gasteiger partial charge is 0.467 e. The number of hydrogen-bond donors (Lipinski definition) is 2. The van der Waals surface area contributed by atoms with Crippen LogP contribution in [-0.2, 0) is 28.9 Å². The number of methoxy groups -OCH3 is 1. The maximum Gasteiger partial charge on any atom is 0.274 e. The lowest BCUT2D eigenvalue weighted by Crippen LogP contribution is -2.40. The molecular weight excluding hydrogens is 314 g/mol. The van der Waals surface area contributed by atoms with Crippen molar-refractivity contribution in [2.45, 2.75) is 31.8 Å². The molecule has 2 heterocycles. The Morgan fingerprint density at radius 1 is 1.46 bits per heavy atom. The van der Waals surface area contributed by atoms with Crippen molar-refractivity contribution in [1.82, 2.24) is 15.8 Å². The van der Waals surface area contributed by atoms with E-state index in [-0.39, 0.29) is 36.7 Å². The Kier molecular flexibility index (Phi) is 4.95. The molecule has 0 spiro atoms. The quantitative estimate of drug-likeness (QED) is 0.810. The van der Waals surface area contributed by atoms with Gasteiger partial charge in [-0.2, -0.15) is 0 Å². The number of nitrogens with zero attached hydrogens (tertiary/aromatic N) is 1. The number of aryl methyl sites for hydroxylation is 1. The highest BCUT2D eigenvalue weighted by molar-refractivity contribution is 5.93. The summed E-state index contributed by atoms with van der Waals surface area (Å²) in [7, 11) is 1.47. The minimum Gasteiger partial charge on any atom is -0.467 e. The molecule has 0 saturated carbocycles. The highest BCUT2D eigenvalue weighted by atomic mass is 16.5. The molecule has 2 aromatic heterocycles. The number of nitrogens with one attached hydrogen (secondary N) is 2. The van der Waals surface area contributed by atoms with Crippen LogP contribution < -0.4 is 10.6 Å². The Morgan fingerprint density at radius 2 is 2.33 bits per heavy atom. The number of amides is 2. The molecular formula is C16H19N3O5. The molecule has 0 radical (unpaired) electrons. The number of furan rings is 1. The molecule has 2 N–H and O–H groups in total. The topological polar surface area (TPSA) is 107 Å². The van der Waals surface area contributed by atoms with Crippen molar-refractivity contribution in [2.24, 2.45) is 0 Å². The van der Waals surface area contributed by atoms with Crippen LogP contribution >= 0.6 is 0 Å². The molecule has 1 unspecified atom stereocenters. The van der Waals surface area contributed by atoms with Gasteiger partial charge < -0.3 is 24.3 Å². The van der Waals surface area contributed by atoms with Gasteiger partial charge >= 0.3 is 0 Å². The van der Waals surface area contributed by atoms with Gasteiger partial charge in [-0.15, -0.1) is 0 Å². The average Bonchev–Trinajstić information content (AvgIpc) is 3.22. The van der Waals surface area contributed by atoms with Crippen LogP contribution in [0.2, 0.25) is 0 Å². The highest BCUT2D eigenvalue weighted by Crippen LogP contribution is 2.24. The summed E-state index contributed by atoms with van der Waals surface area (Å²) in [5.74, 6) is 0.868. The first-order valence-corrected chi connectivity index (χ1v) is 7.73. The van der Waals surface area contributed by atoms with Crippen molar-refractivity contribution in [3.05, 3.63) is 41.2 Å². The monoisotopic (exact) mass is 333 g/mol. The van der Waals surface area contributed by atoms with Crippen LogP contribution in [0.1, 0.15) is 34.0 Å². The molecule has 2 amide bonds. The van der Waals surface area contributed by atoms with Crippen LogP contribution in [0, 0.1) is 0 Å². The molecule has 1 aliphatic rings. The molecule has 0 aromatic carbocycles. The molecule has 1 atom stereocenters. The van der Waals surface area contributed by atoms with Gasteiger partial charge in [-0.05, 0) is 25.0 Å². The van der Waals surface area contributed by atoms with Gasteiger partial charge in [0.1, 0.15) is 18.1 Å². The number of rotatable bonds is 6. The summed E-state index contributed by atoms with van der Waals surface area (Å²) in [5.41, 5.74) is 1.02. The van der Waals surface area contributed by atoms with Crippen molar-refractivity contribution >= 4 is 11.8 Å². The maximum absolute atomic E-state index is 12.3. The standard InChI is InChI=1S/C16H19N3O5/c1-22-9-14(20)18-10-4-5-13-12(7-10)15(19-24-13)16(21)17-8-11-3-2-6-23-11/h2-3,6,10H,4-5,7-9H2,1H3,(H,17,21)(H,18,20). The summed E-state index contributed by atoms with van der Waals surface area (Å²) in [6, 6.07) is 3.48. The van der Waals surface area contributed by atoms with Crippen LogP contribution in [0.4, 0.5) is 0 Å². The molecule has 8 nitrogen and oxygen atoms in total. The second-order valence-electron chi connectivity index (χ2n) is 5.64. The Balaban J connectivity index is 1.64.